The molecule has 2 heterocycles. The van der Waals surface area contributed by atoms with Crippen LogP contribution in [0.2, 0.25) is 0 Å². The zero-order chi connectivity index (χ0) is 10.1. The summed E-state index contributed by atoms with van der Waals surface area (Å²) in [6, 6.07) is 2.97. The van der Waals surface area contributed by atoms with Gasteiger partial charge in [0.05, 0.1) is 0 Å². The molecule has 0 unspecified atom stereocenters. The minimum Gasteiger partial charge on any atom is -0.314 e. The summed E-state index contributed by atoms with van der Waals surface area (Å²) in [5.41, 5.74) is 0. The molecule has 4 heteroatoms. The highest BCUT2D eigenvalue weighted by atomic mass is 79.9. The predicted octanol–water partition coefficient (Wildman–Crippen LogP) is 2.22. The first-order chi connectivity index (χ1) is 6.66. The normalized spacial score (nSPS) is 17.4. The highest BCUT2D eigenvalue weighted by Gasteiger charge is 2.21. The molecule has 0 saturated carbocycles. The molecule has 1 fully saturated rings. The lowest BCUT2D eigenvalue weighted by Gasteiger charge is -2.35. The molecule has 1 aromatic heterocycles. The van der Waals surface area contributed by atoms with Crippen LogP contribution in [-0.4, -0.2) is 31.1 Å². The molecule has 0 aromatic carbocycles. The summed E-state index contributed by atoms with van der Waals surface area (Å²) in [5.74, 6) is 0. The maximum Gasteiger partial charge on any atom is 0.0346 e. The molecule has 0 atom stereocenters. The molecule has 0 amide bonds. The number of aryl methyl sites for hydroxylation is 1. The summed E-state index contributed by atoms with van der Waals surface area (Å²) in [5, 5.41) is 3.30. The standard InChI is InChI=1S/C10H15BrN2S/c1-7-10(11)3-9(14-7)6-13(2)8-4-12-5-8/h3,8,12H,4-6H2,1-2H3. The Bertz CT molecular complexity index is 300. The number of halogens is 1. The highest BCUT2D eigenvalue weighted by molar-refractivity contribution is 9.10. The zero-order valence-corrected chi connectivity index (χ0v) is 10.9. The predicted molar refractivity (Wildman–Crippen MR) is 64.9 cm³/mol. The van der Waals surface area contributed by atoms with Crippen molar-refractivity contribution in [1.29, 1.82) is 0 Å². The van der Waals surface area contributed by atoms with E-state index < -0.39 is 0 Å². The number of likely N-dealkylation sites (N-methyl/N-ethyl adjacent to an activating group) is 1. The Hall–Kier alpha value is 0.100. The first-order valence-corrected chi connectivity index (χ1v) is 6.43. The molecule has 0 radical (unpaired) electrons. The van der Waals surface area contributed by atoms with E-state index in [-0.39, 0.29) is 0 Å². The number of nitrogens with one attached hydrogen (secondary N) is 1. The van der Waals surface area contributed by atoms with Crippen LogP contribution in [0.5, 0.6) is 0 Å². The fraction of sp³-hybridized carbons (Fsp3) is 0.600. The average Bonchev–Trinajstić information content (AvgIpc) is 2.26. The van der Waals surface area contributed by atoms with Crippen LogP contribution in [0.4, 0.5) is 0 Å². The number of thiophene rings is 1. The second-order valence-electron chi connectivity index (χ2n) is 3.84. The molecule has 0 aliphatic carbocycles. The first kappa shape index (κ1) is 10.6. The van der Waals surface area contributed by atoms with Gasteiger partial charge < -0.3 is 5.32 Å². The summed E-state index contributed by atoms with van der Waals surface area (Å²) in [6.07, 6.45) is 0. The quantitative estimate of drug-likeness (QED) is 0.910. The Morgan fingerprint density at radius 1 is 1.64 bits per heavy atom. The van der Waals surface area contributed by atoms with Crippen LogP contribution >= 0.6 is 27.3 Å². The van der Waals surface area contributed by atoms with Crippen LogP contribution in [0.3, 0.4) is 0 Å². The third kappa shape index (κ3) is 2.19. The number of nitrogens with zero attached hydrogens (tertiary/aromatic N) is 1. The number of rotatable bonds is 3. The van der Waals surface area contributed by atoms with Crippen molar-refractivity contribution in [3.05, 3.63) is 20.3 Å². The third-order valence-corrected chi connectivity index (χ3v) is 4.82. The Morgan fingerprint density at radius 3 is 2.79 bits per heavy atom. The fourth-order valence-corrected chi connectivity index (χ4v) is 3.22. The molecule has 1 aliphatic rings. The monoisotopic (exact) mass is 274 g/mol. The Kier molecular flexibility index (Phi) is 3.27. The van der Waals surface area contributed by atoms with Gasteiger partial charge in [-0.1, -0.05) is 0 Å². The van der Waals surface area contributed by atoms with Crippen molar-refractivity contribution in [1.82, 2.24) is 10.2 Å². The highest BCUT2D eigenvalue weighted by Crippen LogP contribution is 2.27. The lowest BCUT2D eigenvalue weighted by atomic mass is 10.1. The van der Waals surface area contributed by atoms with Crippen molar-refractivity contribution >= 4 is 27.3 Å². The van der Waals surface area contributed by atoms with Crippen LogP contribution < -0.4 is 5.32 Å². The minimum atomic E-state index is 0.733. The maximum absolute atomic E-state index is 3.55. The molecule has 0 bridgehead atoms. The van der Waals surface area contributed by atoms with Gasteiger partial charge in [-0.05, 0) is 36.0 Å². The van der Waals surface area contributed by atoms with Gasteiger partial charge in [0, 0.05) is 39.9 Å². The van der Waals surface area contributed by atoms with Gasteiger partial charge in [-0.15, -0.1) is 11.3 Å². The van der Waals surface area contributed by atoms with Gasteiger partial charge in [0.1, 0.15) is 0 Å². The largest absolute Gasteiger partial charge is 0.314 e. The Balaban J connectivity index is 1.95. The van der Waals surface area contributed by atoms with Gasteiger partial charge in [-0.25, -0.2) is 0 Å². The number of hydrogen-bond acceptors (Lipinski definition) is 3. The molecule has 1 aliphatic heterocycles. The van der Waals surface area contributed by atoms with Crippen molar-refractivity contribution in [3.8, 4) is 0 Å². The van der Waals surface area contributed by atoms with E-state index in [0.29, 0.717) is 0 Å². The molecule has 1 saturated heterocycles. The van der Waals surface area contributed by atoms with Gasteiger partial charge >= 0.3 is 0 Å². The SMILES string of the molecule is Cc1sc(CN(C)C2CNC2)cc1Br. The summed E-state index contributed by atoms with van der Waals surface area (Å²) < 4.78 is 1.25. The van der Waals surface area contributed by atoms with Gasteiger partial charge in [-0.3, -0.25) is 4.90 Å². The van der Waals surface area contributed by atoms with E-state index in [0.717, 1.165) is 25.7 Å². The van der Waals surface area contributed by atoms with E-state index in [1.54, 1.807) is 0 Å². The van der Waals surface area contributed by atoms with Gasteiger partial charge in [-0.2, -0.15) is 0 Å². The number of hydrogen-bond donors (Lipinski definition) is 1. The third-order valence-electron chi connectivity index (χ3n) is 2.70. The van der Waals surface area contributed by atoms with E-state index in [9.17, 15) is 0 Å². The van der Waals surface area contributed by atoms with Crippen LogP contribution in [-0.2, 0) is 6.54 Å². The van der Waals surface area contributed by atoms with Crippen molar-refractivity contribution in [2.24, 2.45) is 0 Å². The summed E-state index contributed by atoms with van der Waals surface area (Å²) in [7, 11) is 2.20. The molecule has 1 aromatic rings. The van der Waals surface area contributed by atoms with E-state index in [4.69, 9.17) is 0 Å². The molecule has 14 heavy (non-hydrogen) atoms. The van der Waals surface area contributed by atoms with Crippen molar-refractivity contribution in [3.63, 3.8) is 0 Å². The van der Waals surface area contributed by atoms with Crippen LogP contribution in [0.25, 0.3) is 0 Å². The molecule has 2 rings (SSSR count). The van der Waals surface area contributed by atoms with E-state index in [2.05, 4.69) is 46.2 Å². The molecular weight excluding hydrogens is 260 g/mol. The van der Waals surface area contributed by atoms with Gasteiger partial charge in [0.25, 0.3) is 0 Å². The fourth-order valence-electron chi connectivity index (χ4n) is 1.56. The Morgan fingerprint density at radius 2 is 2.36 bits per heavy atom. The summed E-state index contributed by atoms with van der Waals surface area (Å²) in [4.78, 5) is 5.25. The van der Waals surface area contributed by atoms with E-state index >= 15 is 0 Å². The van der Waals surface area contributed by atoms with E-state index in [1.165, 1.54) is 14.2 Å². The Labute approximate surface area is 97.4 Å². The zero-order valence-electron chi connectivity index (χ0n) is 8.51. The molecular formula is C10H15BrN2S. The van der Waals surface area contributed by atoms with Crippen LogP contribution in [0, 0.1) is 6.92 Å². The van der Waals surface area contributed by atoms with E-state index in [1.807, 2.05) is 11.3 Å². The topological polar surface area (TPSA) is 15.3 Å². The molecule has 1 N–H and O–H groups in total. The first-order valence-electron chi connectivity index (χ1n) is 4.82. The lowest BCUT2D eigenvalue weighted by molar-refractivity contribution is 0.174. The second kappa shape index (κ2) is 4.31. The van der Waals surface area contributed by atoms with Crippen LogP contribution in [0.15, 0.2) is 10.5 Å². The van der Waals surface area contributed by atoms with Crippen molar-refractivity contribution < 1.29 is 0 Å². The minimum absolute atomic E-state index is 0.733. The summed E-state index contributed by atoms with van der Waals surface area (Å²) >= 11 is 5.44. The van der Waals surface area contributed by atoms with Gasteiger partial charge in [0.15, 0.2) is 0 Å². The smallest absolute Gasteiger partial charge is 0.0346 e. The van der Waals surface area contributed by atoms with Crippen LogP contribution in [0.1, 0.15) is 9.75 Å². The summed E-state index contributed by atoms with van der Waals surface area (Å²) in [6.45, 7) is 5.51. The van der Waals surface area contributed by atoms with Crippen molar-refractivity contribution in [2.75, 3.05) is 20.1 Å². The van der Waals surface area contributed by atoms with Crippen molar-refractivity contribution in [2.45, 2.75) is 19.5 Å². The maximum atomic E-state index is 3.55. The second-order valence-corrected chi connectivity index (χ2v) is 6.04. The lowest BCUT2D eigenvalue weighted by Crippen LogP contribution is -2.55. The average molecular weight is 275 g/mol. The molecule has 2 nitrogen and oxygen atoms in total. The molecule has 78 valence electrons. The molecule has 0 spiro atoms. The van der Waals surface area contributed by atoms with Gasteiger partial charge in [0.2, 0.25) is 0 Å².